The summed E-state index contributed by atoms with van der Waals surface area (Å²) in [7, 11) is 0. The van der Waals surface area contributed by atoms with Gasteiger partial charge in [-0.15, -0.1) is 0 Å². The fourth-order valence-electron chi connectivity index (χ4n) is 3.44. The van der Waals surface area contributed by atoms with Crippen molar-refractivity contribution in [2.24, 2.45) is 0 Å². The molecule has 4 rings (SSSR count). The number of Topliss-reactive ketones (excluding diaryl/α,β-unsaturated/α-hetero) is 1. The number of para-hydroxylation sites is 1. The van der Waals surface area contributed by atoms with Crippen LogP contribution in [-0.4, -0.2) is 16.8 Å². The van der Waals surface area contributed by atoms with E-state index in [1.165, 1.54) is 35.2 Å². The molecule has 0 unspecified atom stereocenters. The Morgan fingerprint density at radius 2 is 1.52 bits per heavy atom. The van der Waals surface area contributed by atoms with Crippen molar-refractivity contribution in [3.8, 4) is 0 Å². The molecule has 0 aromatic heterocycles. The Labute approximate surface area is 171 Å². The lowest BCUT2D eigenvalue weighted by Crippen LogP contribution is -2.29. The Kier molecular flexibility index (Phi) is 4.91. The summed E-state index contributed by atoms with van der Waals surface area (Å²) in [5, 5.41) is 11.4. The number of hydrogen-bond acceptors (Lipinski definition) is 3. The summed E-state index contributed by atoms with van der Waals surface area (Å²) >= 11 is 5.90. The second-order valence-electron chi connectivity index (χ2n) is 6.53. The van der Waals surface area contributed by atoms with Crippen LogP contribution in [0.4, 0.5) is 10.1 Å². The molecular weight excluding hydrogens is 393 g/mol. The first kappa shape index (κ1) is 18.9. The molecule has 0 radical (unpaired) electrons. The van der Waals surface area contributed by atoms with E-state index in [0.29, 0.717) is 16.3 Å². The highest BCUT2D eigenvalue weighted by Crippen LogP contribution is 2.42. The molecule has 1 fully saturated rings. The minimum absolute atomic E-state index is 0.117. The Morgan fingerprint density at radius 3 is 2.17 bits per heavy atom. The first-order chi connectivity index (χ1) is 14.0. The van der Waals surface area contributed by atoms with Gasteiger partial charge in [-0.3, -0.25) is 14.5 Å². The molecule has 144 valence electrons. The molecule has 1 heterocycles. The Morgan fingerprint density at radius 1 is 0.897 bits per heavy atom. The summed E-state index contributed by atoms with van der Waals surface area (Å²) in [5.41, 5.74) is 0.678. The van der Waals surface area contributed by atoms with Crippen molar-refractivity contribution in [3.05, 3.63) is 106 Å². The van der Waals surface area contributed by atoms with Gasteiger partial charge in [0.1, 0.15) is 11.6 Å². The van der Waals surface area contributed by atoms with Crippen LogP contribution in [0, 0.1) is 5.82 Å². The second kappa shape index (κ2) is 7.53. The molecule has 0 spiro atoms. The van der Waals surface area contributed by atoms with Crippen molar-refractivity contribution in [1.82, 2.24) is 0 Å². The van der Waals surface area contributed by atoms with Gasteiger partial charge >= 0.3 is 0 Å². The van der Waals surface area contributed by atoms with Gasteiger partial charge in [0, 0.05) is 21.8 Å². The maximum absolute atomic E-state index is 14.7. The van der Waals surface area contributed by atoms with E-state index in [0.717, 1.165) is 0 Å². The molecule has 0 saturated carbocycles. The maximum atomic E-state index is 14.7. The number of halogens is 2. The molecule has 4 nitrogen and oxygen atoms in total. The number of rotatable bonds is 3. The highest BCUT2D eigenvalue weighted by atomic mass is 35.5. The first-order valence-electron chi connectivity index (χ1n) is 8.85. The second-order valence-corrected chi connectivity index (χ2v) is 6.97. The van der Waals surface area contributed by atoms with Gasteiger partial charge in [0.25, 0.3) is 11.7 Å². The molecule has 0 bridgehead atoms. The van der Waals surface area contributed by atoms with Gasteiger partial charge in [0.15, 0.2) is 0 Å². The Hall–Kier alpha value is -3.44. The summed E-state index contributed by atoms with van der Waals surface area (Å²) in [4.78, 5) is 27.0. The van der Waals surface area contributed by atoms with Crippen molar-refractivity contribution >= 4 is 34.7 Å². The molecule has 1 saturated heterocycles. The third-order valence-electron chi connectivity index (χ3n) is 4.80. The standard InChI is InChI=1S/C23H15ClFNO3/c24-15-12-10-14(11-13-15)21(27)19-20(17-8-4-5-9-18(17)25)26(23(29)22(19)28)16-6-2-1-3-7-16/h1-13,20,27H/b21-19+/t20-/m1/s1. The average Bonchev–Trinajstić information content (AvgIpc) is 3.00. The van der Waals surface area contributed by atoms with Gasteiger partial charge in [-0.1, -0.05) is 48.0 Å². The van der Waals surface area contributed by atoms with Crippen LogP contribution in [0.2, 0.25) is 5.02 Å². The molecule has 1 amide bonds. The Bertz CT molecular complexity index is 1130. The summed E-state index contributed by atoms with van der Waals surface area (Å²) in [6.45, 7) is 0. The number of anilines is 1. The van der Waals surface area contributed by atoms with E-state index >= 15 is 0 Å². The van der Waals surface area contributed by atoms with Crippen LogP contribution in [0.3, 0.4) is 0 Å². The molecule has 1 aliphatic rings. The van der Waals surface area contributed by atoms with Gasteiger partial charge in [-0.05, 0) is 42.5 Å². The average molecular weight is 408 g/mol. The lowest BCUT2D eigenvalue weighted by molar-refractivity contribution is -0.132. The third-order valence-corrected chi connectivity index (χ3v) is 5.05. The van der Waals surface area contributed by atoms with Crippen LogP contribution >= 0.6 is 11.6 Å². The molecule has 3 aromatic carbocycles. The van der Waals surface area contributed by atoms with E-state index in [4.69, 9.17) is 11.6 Å². The minimum atomic E-state index is -1.10. The number of nitrogens with zero attached hydrogens (tertiary/aromatic N) is 1. The number of ketones is 1. The molecule has 1 N–H and O–H groups in total. The van der Waals surface area contributed by atoms with Crippen LogP contribution in [0.25, 0.3) is 5.76 Å². The summed E-state index contributed by atoms with van der Waals surface area (Å²) in [6.07, 6.45) is 0. The molecule has 0 aliphatic carbocycles. The molecule has 6 heteroatoms. The number of amides is 1. The molecule has 29 heavy (non-hydrogen) atoms. The van der Waals surface area contributed by atoms with Gasteiger partial charge in [0.05, 0.1) is 11.6 Å². The fourth-order valence-corrected chi connectivity index (χ4v) is 3.57. The number of hydrogen-bond donors (Lipinski definition) is 1. The maximum Gasteiger partial charge on any atom is 0.300 e. The number of carbonyl (C=O) groups is 2. The van der Waals surface area contributed by atoms with E-state index in [1.807, 2.05) is 0 Å². The lowest BCUT2D eigenvalue weighted by Gasteiger charge is -2.25. The third kappa shape index (κ3) is 3.30. The van der Waals surface area contributed by atoms with Crippen molar-refractivity contribution in [1.29, 1.82) is 0 Å². The van der Waals surface area contributed by atoms with Crippen LogP contribution < -0.4 is 4.90 Å². The van der Waals surface area contributed by atoms with Crippen LogP contribution in [0.15, 0.2) is 84.4 Å². The quantitative estimate of drug-likeness (QED) is 0.373. The monoisotopic (exact) mass is 407 g/mol. The lowest BCUT2D eigenvalue weighted by atomic mass is 9.94. The summed E-state index contributed by atoms with van der Waals surface area (Å²) in [6, 6.07) is 19.5. The van der Waals surface area contributed by atoms with Crippen LogP contribution in [-0.2, 0) is 9.59 Å². The number of carbonyl (C=O) groups excluding carboxylic acids is 2. The van der Waals surface area contributed by atoms with E-state index < -0.39 is 23.5 Å². The van der Waals surface area contributed by atoms with Gasteiger partial charge < -0.3 is 5.11 Å². The predicted octanol–water partition coefficient (Wildman–Crippen LogP) is 5.11. The van der Waals surface area contributed by atoms with Crippen molar-refractivity contribution in [2.75, 3.05) is 4.90 Å². The van der Waals surface area contributed by atoms with E-state index in [2.05, 4.69) is 0 Å². The topological polar surface area (TPSA) is 57.6 Å². The number of benzene rings is 3. The number of aliphatic hydroxyl groups is 1. The smallest absolute Gasteiger partial charge is 0.300 e. The first-order valence-corrected chi connectivity index (χ1v) is 9.23. The Balaban J connectivity index is 1.97. The van der Waals surface area contributed by atoms with Crippen LogP contribution in [0.5, 0.6) is 0 Å². The van der Waals surface area contributed by atoms with Gasteiger partial charge in [-0.2, -0.15) is 0 Å². The summed E-state index contributed by atoms with van der Waals surface area (Å²) in [5.74, 6) is -2.68. The van der Waals surface area contributed by atoms with Crippen molar-refractivity contribution in [2.45, 2.75) is 6.04 Å². The van der Waals surface area contributed by atoms with E-state index in [1.54, 1.807) is 48.5 Å². The molecule has 1 aliphatic heterocycles. The van der Waals surface area contributed by atoms with Crippen molar-refractivity contribution < 1.29 is 19.1 Å². The normalized spacial score (nSPS) is 18.3. The molecular formula is C23H15ClFNO3. The predicted molar refractivity (Wildman–Crippen MR) is 109 cm³/mol. The zero-order valence-corrected chi connectivity index (χ0v) is 15.8. The largest absolute Gasteiger partial charge is 0.507 e. The highest BCUT2D eigenvalue weighted by molar-refractivity contribution is 6.51. The zero-order valence-electron chi connectivity index (χ0n) is 15.0. The van der Waals surface area contributed by atoms with E-state index in [-0.39, 0.29) is 16.9 Å². The number of aliphatic hydroxyl groups excluding tert-OH is 1. The molecule has 1 atom stereocenters. The van der Waals surface area contributed by atoms with Crippen molar-refractivity contribution in [3.63, 3.8) is 0 Å². The zero-order chi connectivity index (χ0) is 20.5. The van der Waals surface area contributed by atoms with E-state index in [9.17, 15) is 19.1 Å². The fraction of sp³-hybridized carbons (Fsp3) is 0.0435. The minimum Gasteiger partial charge on any atom is -0.507 e. The van der Waals surface area contributed by atoms with Crippen LogP contribution in [0.1, 0.15) is 17.2 Å². The highest BCUT2D eigenvalue weighted by Gasteiger charge is 2.47. The molecule has 3 aromatic rings. The summed E-state index contributed by atoms with van der Waals surface area (Å²) < 4.78 is 14.7. The van der Waals surface area contributed by atoms with Gasteiger partial charge in [-0.25, -0.2) is 4.39 Å². The SMILES string of the molecule is O=C1C(=O)N(c2ccccc2)[C@H](c2ccccc2F)/C1=C(\O)c1ccc(Cl)cc1. The van der Waals surface area contributed by atoms with Gasteiger partial charge in [0.2, 0.25) is 0 Å².